The molecule has 0 aliphatic carbocycles. The van der Waals surface area contributed by atoms with Crippen molar-refractivity contribution in [2.45, 2.75) is 13.5 Å². The molecule has 7 heteroatoms. The van der Waals surface area contributed by atoms with Crippen molar-refractivity contribution >= 4 is 16.8 Å². The maximum atomic E-state index is 13.0. The highest BCUT2D eigenvalue weighted by Gasteiger charge is 2.14. The minimum absolute atomic E-state index is 0.178. The summed E-state index contributed by atoms with van der Waals surface area (Å²) in [6.45, 7) is 1.77. The number of para-hydroxylation sites is 1. The topological polar surface area (TPSA) is 69.8 Å². The van der Waals surface area contributed by atoms with Crippen molar-refractivity contribution in [3.8, 4) is 5.69 Å². The van der Waals surface area contributed by atoms with Gasteiger partial charge in [0, 0.05) is 5.56 Å². The molecule has 0 aliphatic heterocycles. The summed E-state index contributed by atoms with van der Waals surface area (Å²) >= 11 is 0. The first-order chi connectivity index (χ1) is 13.0. The summed E-state index contributed by atoms with van der Waals surface area (Å²) in [5.41, 5.74) is 2.24. The van der Waals surface area contributed by atoms with Crippen LogP contribution in [0.4, 0.5) is 4.39 Å². The fraction of sp³-hybridized carbons (Fsp3) is 0.100. The number of hydrogen-bond acceptors (Lipinski definition) is 4. The van der Waals surface area contributed by atoms with Crippen molar-refractivity contribution in [1.29, 1.82) is 0 Å². The fourth-order valence-electron chi connectivity index (χ4n) is 2.92. The van der Waals surface area contributed by atoms with Crippen LogP contribution in [0.15, 0.2) is 65.8 Å². The molecule has 0 amide bonds. The van der Waals surface area contributed by atoms with E-state index in [2.05, 4.69) is 10.1 Å². The van der Waals surface area contributed by atoms with E-state index in [1.54, 1.807) is 4.68 Å². The van der Waals surface area contributed by atoms with Gasteiger partial charge in [-0.25, -0.2) is 14.1 Å². The van der Waals surface area contributed by atoms with Gasteiger partial charge in [-0.3, -0.25) is 14.2 Å². The molecular weight excluding hydrogens is 347 g/mol. The Morgan fingerprint density at radius 2 is 1.85 bits per heavy atom. The van der Waals surface area contributed by atoms with Gasteiger partial charge in [-0.1, -0.05) is 18.2 Å². The van der Waals surface area contributed by atoms with Gasteiger partial charge in [0.25, 0.3) is 5.56 Å². The van der Waals surface area contributed by atoms with Crippen molar-refractivity contribution in [3.63, 3.8) is 0 Å². The Bertz CT molecular complexity index is 1210. The summed E-state index contributed by atoms with van der Waals surface area (Å²) in [4.78, 5) is 29.4. The number of ketones is 1. The van der Waals surface area contributed by atoms with Gasteiger partial charge in [0.1, 0.15) is 17.5 Å². The van der Waals surface area contributed by atoms with E-state index in [-0.39, 0.29) is 17.9 Å². The van der Waals surface area contributed by atoms with Crippen LogP contribution in [-0.2, 0) is 6.54 Å². The van der Waals surface area contributed by atoms with Crippen LogP contribution in [0.3, 0.4) is 0 Å². The first kappa shape index (κ1) is 16.8. The highest BCUT2D eigenvalue weighted by atomic mass is 19.1. The van der Waals surface area contributed by atoms with Crippen LogP contribution in [-0.4, -0.2) is 25.1 Å². The number of Topliss-reactive ketones (excluding diaryl/α,β-unsaturated/α-hetero) is 1. The molecule has 0 fully saturated rings. The molecule has 0 spiro atoms. The zero-order valence-corrected chi connectivity index (χ0v) is 14.5. The average Bonchev–Trinajstić information content (AvgIpc) is 3.09. The van der Waals surface area contributed by atoms with E-state index in [9.17, 15) is 14.0 Å². The van der Waals surface area contributed by atoms with Gasteiger partial charge in [-0.15, -0.1) is 0 Å². The van der Waals surface area contributed by atoms with E-state index in [0.717, 1.165) is 11.3 Å². The number of aryl methyl sites for hydroxylation is 1. The van der Waals surface area contributed by atoms with Gasteiger partial charge in [-0.2, -0.15) is 5.10 Å². The third-order valence-electron chi connectivity index (χ3n) is 4.38. The van der Waals surface area contributed by atoms with Crippen LogP contribution in [0.5, 0.6) is 0 Å². The van der Waals surface area contributed by atoms with Crippen molar-refractivity contribution < 1.29 is 9.18 Å². The maximum Gasteiger partial charge on any atom is 0.264 e. The Morgan fingerprint density at radius 3 is 2.59 bits per heavy atom. The summed E-state index contributed by atoms with van der Waals surface area (Å²) in [5.74, 6) is -0.722. The number of rotatable bonds is 4. The number of carbonyl (C=O) groups excluding carboxylic acids is 1. The van der Waals surface area contributed by atoms with Gasteiger partial charge in [-0.05, 0) is 42.8 Å². The quantitative estimate of drug-likeness (QED) is 0.524. The normalized spacial score (nSPS) is 11.0. The zero-order valence-electron chi connectivity index (χ0n) is 14.5. The second kappa shape index (κ2) is 6.60. The van der Waals surface area contributed by atoms with Gasteiger partial charge in [0.05, 0.1) is 18.4 Å². The number of carbonyl (C=O) groups is 1. The van der Waals surface area contributed by atoms with Gasteiger partial charge in [0.15, 0.2) is 11.4 Å². The summed E-state index contributed by atoms with van der Waals surface area (Å²) in [5, 5.41) is 4.62. The Morgan fingerprint density at radius 1 is 1.11 bits per heavy atom. The molecule has 0 bridgehead atoms. The Hall–Kier alpha value is -3.61. The van der Waals surface area contributed by atoms with E-state index < -0.39 is 5.82 Å². The van der Waals surface area contributed by atoms with Gasteiger partial charge < -0.3 is 0 Å². The molecule has 0 aliphatic rings. The standard InChI is InChI=1S/C20H15FN4O2/c1-13-4-2-3-5-17(13)25-19-16(10-23-25)20(27)24(12-22-19)11-18(26)14-6-8-15(21)9-7-14/h2-10,12H,11H2,1H3. The largest absolute Gasteiger partial charge is 0.292 e. The number of fused-ring (bicyclic) bond motifs is 1. The molecule has 0 saturated heterocycles. The maximum absolute atomic E-state index is 13.0. The predicted molar refractivity (Wildman–Crippen MR) is 98.6 cm³/mol. The summed E-state index contributed by atoms with van der Waals surface area (Å²) in [6.07, 6.45) is 2.79. The van der Waals surface area contributed by atoms with Crippen LogP contribution in [0, 0.1) is 12.7 Å². The molecular formula is C20H15FN4O2. The van der Waals surface area contributed by atoms with Gasteiger partial charge in [0.2, 0.25) is 0 Å². The fourth-order valence-corrected chi connectivity index (χ4v) is 2.92. The molecule has 4 aromatic rings. The lowest BCUT2D eigenvalue weighted by Gasteiger charge is -2.07. The Balaban J connectivity index is 1.71. The van der Waals surface area contributed by atoms with E-state index in [4.69, 9.17) is 0 Å². The second-order valence-electron chi connectivity index (χ2n) is 6.19. The highest BCUT2D eigenvalue weighted by molar-refractivity contribution is 5.96. The van der Waals surface area contributed by atoms with E-state index >= 15 is 0 Å². The lowest BCUT2D eigenvalue weighted by molar-refractivity contribution is 0.0970. The lowest BCUT2D eigenvalue weighted by Crippen LogP contribution is -2.24. The third-order valence-corrected chi connectivity index (χ3v) is 4.38. The van der Waals surface area contributed by atoms with Crippen LogP contribution < -0.4 is 5.56 Å². The van der Waals surface area contributed by atoms with Crippen molar-refractivity contribution in [2.75, 3.05) is 0 Å². The number of benzene rings is 2. The Kier molecular flexibility index (Phi) is 4.12. The molecule has 2 aromatic carbocycles. The number of aromatic nitrogens is 4. The monoisotopic (exact) mass is 362 g/mol. The van der Waals surface area contributed by atoms with Crippen LogP contribution in [0.2, 0.25) is 0 Å². The van der Waals surface area contributed by atoms with E-state index in [1.807, 2.05) is 31.2 Å². The minimum atomic E-state index is -0.421. The third kappa shape index (κ3) is 3.03. The van der Waals surface area contributed by atoms with E-state index in [0.29, 0.717) is 16.6 Å². The second-order valence-corrected chi connectivity index (χ2v) is 6.19. The number of nitrogens with zero attached hydrogens (tertiary/aromatic N) is 4. The van der Waals surface area contributed by atoms with Crippen LogP contribution in [0.1, 0.15) is 15.9 Å². The van der Waals surface area contributed by atoms with Crippen LogP contribution >= 0.6 is 0 Å². The molecule has 6 nitrogen and oxygen atoms in total. The van der Waals surface area contributed by atoms with Crippen LogP contribution in [0.25, 0.3) is 16.7 Å². The first-order valence-corrected chi connectivity index (χ1v) is 8.32. The summed E-state index contributed by atoms with van der Waals surface area (Å²) in [7, 11) is 0. The molecule has 27 heavy (non-hydrogen) atoms. The SMILES string of the molecule is Cc1ccccc1-n1ncc2c(=O)n(CC(=O)c3ccc(F)cc3)cnc21. The lowest BCUT2D eigenvalue weighted by atomic mass is 10.1. The van der Waals surface area contributed by atoms with Crippen molar-refractivity contribution in [3.05, 3.63) is 88.4 Å². The Labute approximate surface area is 153 Å². The zero-order chi connectivity index (χ0) is 19.0. The van der Waals surface area contributed by atoms with Crippen molar-refractivity contribution in [1.82, 2.24) is 19.3 Å². The summed E-state index contributed by atoms with van der Waals surface area (Å²) < 4.78 is 15.8. The number of hydrogen-bond donors (Lipinski definition) is 0. The average molecular weight is 362 g/mol. The molecule has 0 atom stereocenters. The molecule has 0 unspecified atom stereocenters. The van der Waals surface area contributed by atoms with Crippen molar-refractivity contribution in [2.24, 2.45) is 0 Å². The first-order valence-electron chi connectivity index (χ1n) is 8.32. The smallest absolute Gasteiger partial charge is 0.264 e. The molecule has 4 rings (SSSR count). The molecule has 134 valence electrons. The van der Waals surface area contributed by atoms with E-state index in [1.165, 1.54) is 41.4 Å². The minimum Gasteiger partial charge on any atom is -0.292 e. The molecule has 2 heterocycles. The summed E-state index contributed by atoms with van der Waals surface area (Å²) in [6, 6.07) is 12.9. The number of halogens is 1. The highest BCUT2D eigenvalue weighted by Crippen LogP contribution is 2.17. The predicted octanol–water partition coefficient (Wildman–Crippen LogP) is 2.91. The molecule has 0 radical (unpaired) electrons. The van der Waals surface area contributed by atoms with Gasteiger partial charge >= 0.3 is 0 Å². The molecule has 0 saturated carbocycles. The molecule has 2 aromatic heterocycles. The molecule has 0 N–H and O–H groups in total.